The smallest absolute Gasteiger partial charge is 0.411 e. The zero-order valence-corrected chi connectivity index (χ0v) is 13.2. The van der Waals surface area contributed by atoms with Gasteiger partial charge in [0.25, 0.3) is 0 Å². The van der Waals surface area contributed by atoms with Crippen molar-refractivity contribution in [1.82, 2.24) is 4.90 Å². The SMILES string of the molecule is COCC1(C(=O)OCCl)CCCN1C(=O)OC(C)(C)C. The van der Waals surface area contributed by atoms with Crippen molar-refractivity contribution in [2.24, 2.45) is 0 Å². The summed E-state index contributed by atoms with van der Waals surface area (Å²) >= 11 is 5.45. The second-order valence-electron chi connectivity index (χ2n) is 5.74. The van der Waals surface area contributed by atoms with Crippen LogP contribution in [0, 0.1) is 0 Å². The molecule has 1 aliphatic rings. The number of carbonyl (C=O) groups excluding carboxylic acids is 2. The Kier molecular flexibility index (Phi) is 5.65. The maximum absolute atomic E-state index is 12.3. The molecule has 1 amide bonds. The van der Waals surface area contributed by atoms with Crippen molar-refractivity contribution in [2.45, 2.75) is 44.8 Å². The average molecular weight is 308 g/mol. The van der Waals surface area contributed by atoms with Crippen LogP contribution in [0.2, 0.25) is 0 Å². The molecule has 1 atom stereocenters. The maximum atomic E-state index is 12.3. The Balaban J connectivity index is 2.97. The number of rotatable bonds is 4. The van der Waals surface area contributed by atoms with Crippen molar-refractivity contribution in [1.29, 1.82) is 0 Å². The quantitative estimate of drug-likeness (QED) is 0.588. The molecule has 0 spiro atoms. The van der Waals surface area contributed by atoms with Crippen LogP contribution in [0.3, 0.4) is 0 Å². The fourth-order valence-corrected chi connectivity index (χ4v) is 2.40. The number of hydrogen-bond donors (Lipinski definition) is 0. The molecule has 1 heterocycles. The fourth-order valence-electron chi connectivity index (χ4n) is 2.31. The maximum Gasteiger partial charge on any atom is 0.411 e. The molecule has 0 bridgehead atoms. The van der Waals surface area contributed by atoms with Gasteiger partial charge in [0, 0.05) is 13.7 Å². The van der Waals surface area contributed by atoms with Crippen LogP contribution in [0.5, 0.6) is 0 Å². The summed E-state index contributed by atoms with van der Waals surface area (Å²) in [5.41, 5.74) is -1.78. The Morgan fingerprint density at radius 2 is 2.00 bits per heavy atom. The topological polar surface area (TPSA) is 65.1 Å². The lowest BCUT2D eigenvalue weighted by molar-refractivity contribution is -0.157. The second kappa shape index (κ2) is 6.63. The normalized spacial score (nSPS) is 22.8. The summed E-state index contributed by atoms with van der Waals surface area (Å²) in [4.78, 5) is 25.9. The average Bonchev–Trinajstić information content (AvgIpc) is 2.72. The molecule has 1 saturated heterocycles. The van der Waals surface area contributed by atoms with Gasteiger partial charge in [-0.15, -0.1) is 0 Å². The Morgan fingerprint density at radius 1 is 1.35 bits per heavy atom. The van der Waals surface area contributed by atoms with Gasteiger partial charge in [-0.1, -0.05) is 11.6 Å². The first-order chi connectivity index (χ1) is 9.27. The van der Waals surface area contributed by atoms with Crippen molar-refractivity contribution in [3.63, 3.8) is 0 Å². The lowest BCUT2D eigenvalue weighted by Crippen LogP contribution is -2.57. The molecule has 1 aliphatic heterocycles. The van der Waals surface area contributed by atoms with Gasteiger partial charge in [0.05, 0.1) is 6.61 Å². The van der Waals surface area contributed by atoms with E-state index in [1.165, 1.54) is 12.0 Å². The number of ether oxygens (including phenoxy) is 3. The molecule has 6 nitrogen and oxygen atoms in total. The number of alkyl halides is 1. The van der Waals surface area contributed by atoms with E-state index in [-0.39, 0.29) is 12.7 Å². The minimum absolute atomic E-state index is 0.0575. The van der Waals surface area contributed by atoms with Gasteiger partial charge in [-0.2, -0.15) is 0 Å². The number of amides is 1. The summed E-state index contributed by atoms with van der Waals surface area (Å²) in [5, 5.41) is 0. The van der Waals surface area contributed by atoms with Gasteiger partial charge in [-0.25, -0.2) is 9.59 Å². The molecule has 1 unspecified atom stereocenters. The Morgan fingerprint density at radius 3 is 2.50 bits per heavy atom. The summed E-state index contributed by atoms with van der Waals surface area (Å²) < 4.78 is 15.3. The monoisotopic (exact) mass is 307 g/mol. The van der Waals surface area contributed by atoms with E-state index in [0.717, 1.165) is 0 Å². The number of hydrogen-bond acceptors (Lipinski definition) is 5. The van der Waals surface area contributed by atoms with Gasteiger partial charge < -0.3 is 14.2 Å². The molecule has 1 fully saturated rings. The van der Waals surface area contributed by atoms with Crippen LogP contribution in [-0.2, 0) is 19.0 Å². The summed E-state index contributed by atoms with van der Waals surface area (Å²) in [7, 11) is 1.47. The number of nitrogens with zero attached hydrogens (tertiary/aromatic N) is 1. The molecular formula is C13H22ClNO5. The van der Waals surface area contributed by atoms with E-state index >= 15 is 0 Å². The molecule has 116 valence electrons. The first-order valence-corrected chi connectivity index (χ1v) is 7.03. The van der Waals surface area contributed by atoms with Crippen molar-refractivity contribution in [3.8, 4) is 0 Å². The summed E-state index contributed by atoms with van der Waals surface area (Å²) in [6, 6.07) is -0.257. The molecule has 0 aromatic heterocycles. The number of likely N-dealkylation sites (tertiary alicyclic amines) is 1. The van der Waals surface area contributed by atoms with E-state index in [9.17, 15) is 9.59 Å². The third-order valence-electron chi connectivity index (χ3n) is 3.05. The predicted molar refractivity (Wildman–Crippen MR) is 73.6 cm³/mol. The molecule has 7 heteroatoms. The Bertz CT molecular complexity index is 368. The number of esters is 1. The summed E-state index contributed by atoms with van der Waals surface area (Å²) in [6.07, 6.45) is 0.606. The first-order valence-electron chi connectivity index (χ1n) is 6.49. The Hall–Kier alpha value is -1.01. The van der Waals surface area contributed by atoms with Crippen LogP contribution in [-0.4, -0.2) is 54.4 Å². The molecule has 0 aromatic rings. The second-order valence-corrected chi connectivity index (χ2v) is 5.96. The van der Waals surface area contributed by atoms with E-state index in [0.29, 0.717) is 19.4 Å². The molecule has 0 saturated carbocycles. The lowest BCUT2D eigenvalue weighted by atomic mass is 9.97. The van der Waals surface area contributed by atoms with Crippen molar-refractivity contribution in [2.75, 3.05) is 26.3 Å². The van der Waals surface area contributed by atoms with Gasteiger partial charge in [-0.3, -0.25) is 4.90 Å². The molecule has 0 N–H and O–H groups in total. The standard InChI is InChI=1S/C13H22ClNO5/c1-12(2,3)20-11(17)15-7-5-6-13(15,8-18-4)10(16)19-9-14/h5-9H2,1-4H3. The van der Waals surface area contributed by atoms with Gasteiger partial charge in [0.2, 0.25) is 0 Å². The largest absolute Gasteiger partial charge is 0.448 e. The van der Waals surface area contributed by atoms with Gasteiger partial charge in [-0.05, 0) is 33.6 Å². The molecule has 1 rings (SSSR count). The predicted octanol–water partition coefficient (Wildman–Crippen LogP) is 2.14. The Labute approximate surface area is 124 Å². The van der Waals surface area contributed by atoms with E-state index < -0.39 is 23.2 Å². The van der Waals surface area contributed by atoms with Gasteiger partial charge in [0.1, 0.15) is 5.60 Å². The van der Waals surface area contributed by atoms with Crippen molar-refractivity contribution >= 4 is 23.7 Å². The highest BCUT2D eigenvalue weighted by atomic mass is 35.5. The van der Waals surface area contributed by atoms with Crippen LogP contribution < -0.4 is 0 Å². The summed E-state index contributed by atoms with van der Waals surface area (Å²) in [5.74, 6) is -0.558. The van der Waals surface area contributed by atoms with E-state index in [1.54, 1.807) is 20.8 Å². The zero-order valence-electron chi connectivity index (χ0n) is 12.4. The molecule has 0 aliphatic carbocycles. The minimum atomic E-state index is -1.15. The number of methoxy groups -OCH3 is 1. The van der Waals surface area contributed by atoms with Crippen LogP contribution in [0.1, 0.15) is 33.6 Å². The number of carbonyl (C=O) groups is 2. The van der Waals surface area contributed by atoms with Gasteiger partial charge in [0.15, 0.2) is 11.6 Å². The molecular weight excluding hydrogens is 286 g/mol. The fraction of sp³-hybridized carbons (Fsp3) is 0.846. The third kappa shape index (κ3) is 3.76. The van der Waals surface area contributed by atoms with E-state index in [4.69, 9.17) is 25.8 Å². The minimum Gasteiger partial charge on any atom is -0.448 e. The van der Waals surface area contributed by atoms with Crippen LogP contribution in [0.4, 0.5) is 4.79 Å². The van der Waals surface area contributed by atoms with Crippen molar-refractivity contribution < 1.29 is 23.8 Å². The third-order valence-corrected chi connectivity index (χ3v) is 3.16. The van der Waals surface area contributed by atoms with E-state index in [2.05, 4.69) is 0 Å². The summed E-state index contributed by atoms with van der Waals surface area (Å²) in [6.45, 7) is 5.81. The van der Waals surface area contributed by atoms with Crippen molar-refractivity contribution in [3.05, 3.63) is 0 Å². The first kappa shape index (κ1) is 17.0. The van der Waals surface area contributed by atoms with Crippen LogP contribution in [0.15, 0.2) is 0 Å². The molecule has 0 radical (unpaired) electrons. The highest BCUT2D eigenvalue weighted by Crippen LogP contribution is 2.32. The van der Waals surface area contributed by atoms with Crippen LogP contribution in [0.25, 0.3) is 0 Å². The molecule has 20 heavy (non-hydrogen) atoms. The van der Waals surface area contributed by atoms with E-state index in [1.807, 2.05) is 0 Å². The highest BCUT2D eigenvalue weighted by molar-refractivity contribution is 6.17. The van der Waals surface area contributed by atoms with Crippen LogP contribution >= 0.6 is 11.6 Å². The highest BCUT2D eigenvalue weighted by Gasteiger charge is 2.52. The zero-order chi connectivity index (χ0) is 15.4. The lowest BCUT2D eigenvalue weighted by Gasteiger charge is -2.36. The molecule has 0 aromatic carbocycles. The van der Waals surface area contributed by atoms with Gasteiger partial charge >= 0.3 is 12.1 Å². The number of halogens is 1.